The summed E-state index contributed by atoms with van der Waals surface area (Å²) in [5, 5.41) is 46.2. The Morgan fingerprint density at radius 2 is 1.76 bits per heavy atom. The van der Waals surface area contributed by atoms with Crippen LogP contribution in [-0.2, 0) is 20.8 Å². The highest BCUT2D eigenvalue weighted by atomic mass is 19.1. The van der Waals surface area contributed by atoms with Gasteiger partial charge in [0.15, 0.2) is 17.1 Å². The van der Waals surface area contributed by atoms with Gasteiger partial charge in [0.25, 0.3) is 11.8 Å². The SMILES string of the molecule is NC(=O)C1=C(O)[C@@]2(O)C(=O)C3=C(O)c4c(O)c(NC(=O)c5ccccc5)cc(F)c4CC3C[C@H]2CC1=O. The number of carbonyl (C=O) groups excluding carboxylic acids is 4. The summed E-state index contributed by atoms with van der Waals surface area (Å²) in [5.41, 5.74) is 0.417. The number of Topliss-reactive ketones (excluding diaryl/α,β-unsaturated/α-hetero) is 2. The number of aliphatic hydroxyl groups is 3. The predicted molar refractivity (Wildman–Crippen MR) is 126 cm³/mol. The van der Waals surface area contributed by atoms with Crippen molar-refractivity contribution in [1.82, 2.24) is 0 Å². The molecule has 2 amide bonds. The summed E-state index contributed by atoms with van der Waals surface area (Å²) in [4.78, 5) is 50.1. The zero-order valence-electron chi connectivity index (χ0n) is 19.1. The molecule has 1 saturated carbocycles. The molecule has 3 aliphatic carbocycles. The lowest BCUT2D eigenvalue weighted by molar-refractivity contribution is -0.147. The monoisotopic (exact) mass is 508 g/mol. The van der Waals surface area contributed by atoms with Crippen LogP contribution in [0.25, 0.3) is 5.76 Å². The molecule has 1 fully saturated rings. The molecule has 3 aliphatic rings. The number of phenolic OH excluding ortho intramolecular Hbond substituents is 1. The first-order valence-electron chi connectivity index (χ1n) is 11.3. The standard InChI is InChI=1S/C26H21FN2O8/c27-14-9-15(29-25(36)10-4-2-1-3-5-10)20(31)18-13(14)7-11-6-12-8-16(30)19(24(28)35)23(34)26(12,37)22(33)17(11)21(18)32/h1-5,9,11-12,31-32,34,37H,6-8H2,(H2,28,35)(H,29,36)/t11?,12-,26-/m0/s1. The summed E-state index contributed by atoms with van der Waals surface area (Å²) in [6.45, 7) is 0. The highest BCUT2D eigenvalue weighted by Gasteiger charge is 2.60. The van der Waals surface area contributed by atoms with Gasteiger partial charge in [-0.2, -0.15) is 0 Å². The van der Waals surface area contributed by atoms with Gasteiger partial charge in [-0.25, -0.2) is 4.39 Å². The number of amides is 2. The van der Waals surface area contributed by atoms with E-state index in [9.17, 15) is 39.6 Å². The highest BCUT2D eigenvalue weighted by Crippen LogP contribution is 2.53. The Morgan fingerprint density at radius 1 is 1.08 bits per heavy atom. The number of rotatable bonds is 3. The summed E-state index contributed by atoms with van der Waals surface area (Å²) in [6.07, 6.45) is -0.767. The quantitative estimate of drug-likeness (QED) is 0.267. The molecule has 0 aromatic heterocycles. The summed E-state index contributed by atoms with van der Waals surface area (Å²) >= 11 is 0. The zero-order chi connectivity index (χ0) is 26.8. The van der Waals surface area contributed by atoms with Gasteiger partial charge in [-0.3, -0.25) is 19.2 Å². The van der Waals surface area contributed by atoms with E-state index in [-0.39, 0.29) is 29.7 Å². The van der Waals surface area contributed by atoms with E-state index in [1.807, 2.05) is 0 Å². The Labute approximate surface area is 208 Å². The number of fused-ring (bicyclic) bond motifs is 3. The molecule has 37 heavy (non-hydrogen) atoms. The van der Waals surface area contributed by atoms with Gasteiger partial charge in [-0.15, -0.1) is 0 Å². The average Bonchev–Trinajstić information content (AvgIpc) is 2.84. The van der Waals surface area contributed by atoms with E-state index in [0.717, 1.165) is 6.07 Å². The molecule has 0 bridgehead atoms. The minimum absolute atomic E-state index is 0.115. The minimum atomic E-state index is -2.72. The molecular weight excluding hydrogens is 487 g/mol. The molecule has 11 heteroatoms. The summed E-state index contributed by atoms with van der Waals surface area (Å²) in [6, 6.07) is 8.80. The maximum absolute atomic E-state index is 15.2. The van der Waals surface area contributed by atoms with Gasteiger partial charge in [0.2, 0.25) is 5.78 Å². The van der Waals surface area contributed by atoms with Gasteiger partial charge < -0.3 is 31.5 Å². The molecule has 0 saturated heterocycles. The smallest absolute Gasteiger partial charge is 0.255 e. The third-order valence-corrected chi connectivity index (χ3v) is 7.29. The molecule has 10 nitrogen and oxygen atoms in total. The van der Waals surface area contributed by atoms with Crippen molar-refractivity contribution < 1.29 is 44.0 Å². The number of benzene rings is 2. The number of aromatic hydroxyl groups is 1. The number of anilines is 1. The first-order valence-corrected chi connectivity index (χ1v) is 11.3. The first kappa shape index (κ1) is 24.2. The second kappa shape index (κ2) is 8.27. The Morgan fingerprint density at radius 3 is 2.41 bits per heavy atom. The van der Waals surface area contributed by atoms with Crippen LogP contribution in [0.4, 0.5) is 10.1 Å². The third kappa shape index (κ3) is 3.42. The van der Waals surface area contributed by atoms with Crippen molar-refractivity contribution in [2.45, 2.75) is 24.9 Å². The van der Waals surface area contributed by atoms with E-state index in [1.54, 1.807) is 18.2 Å². The maximum Gasteiger partial charge on any atom is 0.255 e. The molecule has 7 N–H and O–H groups in total. The van der Waals surface area contributed by atoms with E-state index in [1.165, 1.54) is 12.1 Å². The molecule has 0 aliphatic heterocycles. The predicted octanol–water partition coefficient (Wildman–Crippen LogP) is 1.82. The van der Waals surface area contributed by atoms with Crippen molar-refractivity contribution in [3.05, 3.63) is 75.8 Å². The highest BCUT2D eigenvalue weighted by molar-refractivity contribution is 6.22. The molecule has 2 aromatic carbocycles. The van der Waals surface area contributed by atoms with E-state index >= 15 is 4.39 Å². The number of hydrogen-bond acceptors (Lipinski definition) is 8. The molecule has 0 heterocycles. The van der Waals surface area contributed by atoms with Crippen LogP contribution >= 0.6 is 0 Å². The Kier molecular flexibility index (Phi) is 5.41. The number of aliphatic hydroxyl groups excluding tert-OH is 2. The van der Waals surface area contributed by atoms with Gasteiger partial charge in [0, 0.05) is 35.1 Å². The van der Waals surface area contributed by atoms with Crippen molar-refractivity contribution in [3.63, 3.8) is 0 Å². The molecular formula is C26H21FN2O8. The van der Waals surface area contributed by atoms with Crippen molar-refractivity contribution >= 4 is 34.8 Å². The van der Waals surface area contributed by atoms with Gasteiger partial charge in [-0.05, 0) is 30.9 Å². The molecule has 0 radical (unpaired) electrons. The van der Waals surface area contributed by atoms with Crippen LogP contribution < -0.4 is 11.1 Å². The van der Waals surface area contributed by atoms with Crippen molar-refractivity contribution in [2.24, 2.45) is 17.6 Å². The average molecular weight is 508 g/mol. The lowest BCUT2D eigenvalue weighted by Gasteiger charge is -2.46. The number of nitrogens with one attached hydrogen (secondary N) is 1. The lowest BCUT2D eigenvalue weighted by Crippen LogP contribution is -2.58. The summed E-state index contributed by atoms with van der Waals surface area (Å²) < 4.78 is 15.2. The topological polar surface area (TPSA) is 187 Å². The van der Waals surface area contributed by atoms with Crippen LogP contribution in [-0.4, -0.2) is 49.4 Å². The minimum Gasteiger partial charge on any atom is -0.508 e. The zero-order valence-corrected chi connectivity index (χ0v) is 19.1. The fourth-order valence-corrected chi connectivity index (χ4v) is 5.52. The molecule has 0 spiro atoms. The fourth-order valence-electron chi connectivity index (χ4n) is 5.52. The van der Waals surface area contributed by atoms with Crippen molar-refractivity contribution in [1.29, 1.82) is 0 Å². The fraction of sp³-hybridized carbons (Fsp3) is 0.231. The van der Waals surface area contributed by atoms with Crippen LogP contribution in [0.5, 0.6) is 5.75 Å². The molecule has 2 aromatic rings. The largest absolute Gasteiger partial charge is 0.508 e. The normalized spacial score (nSPS) is 24.8. The lowest BCUT2D eigenvalue weighted by atomic mass is 9.59. The number of nitrogens with two attached hydrogens (primary N) is 1. The van der Waals surface area contributed by atoms with Gasteiger partial charge in [0.05, 0.1) is 11.3 Å². The van der Waals surface area contributed by atoms with Gasteiger partial charge >= 0.3 is 0 Å². The number of halogens is 1. The molecule has 190 valence electrons. The Bertz CT molecular complexity index is 1480. The first-order chi connectivity index (χ1) is 17.5. The van der Waals surface area contributed by atoms with E-state index in [0.29, 0.717) is 0 Å². The second-order valence-electron chi connectivity index (χ2n) is 9.33. The number of phenols is 1. The van der Waals surface area contributed by atoms with E-state index in [2.05, 4.69) is 5.32 Å². The Balaban J connectivity index is 1.62. The van der Waals surface area contributed by atoms with Crippen molar-refractivity contribution in [2.75, 3.05) is 5.32 Å². The van der Waals surface area contributed by atoms with E-state index in [4.69, 9.17) is 5.73 Å². The van der Waals surface area contributed by atoms with Crippen molar-refractivity contribution in [3.8, 4) is 5.75 Å². The number of carbonyl (C=O) groups is 4. The summed E-state index contributed by atoms with van der Waals surface area (Å²) in [7, 11) is 0. The van der Waals surface area contributed by atoms with Crippen LogP contribution in [0.2, 0.25) is 0 Å². The number of hydrogen-bond donors (Lipinski definition) is 6. The van der Waals surface area contributed by atoms with E-state index < -0.39 is 87.0 Å². The van der Waals surface area contributed by atoms with Crippen LogP contribution in [0.1, 0.15) is 34.3 Å². The van der Waals surface area contributed by atoms with Crippen LogP contribution in [0, 0.1) is 17.7 Å². The maximum atomic E-state index is 15.2. The molecule has 5 rings (SSSR count). The number of primary amides is 1. The summed E-state index contributed by atoms with van der Waals surface area (Å²) in [5.74, 6) is -9.66. The van der Waals surface area contributed by atoms with Gasteiger partial charge in [-0.1, -0.05) is 18.2 Å². The molecule has 1 unspecified atom stereocenters. The van der Waals surface area contributed by atoms with Gasteiger partial charge in [0.1, 0.15) is 22.9 Å². The van der Waals surface area contributed by atoms with Crippen LogP contribution in [0.3, 0.4) is 0 Å². The van der Waals surface area contributed by atoms with Crippen LogP contribution in [0.15, 0.2) is 53.3 Å². The molecule has 3 atom stereocenters. The number of ketones is 2. The third-order valence-electron chi connectivity index (χ3n) is 7.29. The second-order valence-corrected chi connectivity index (χ2v) is 9.33. The Hall–Kier alpha value is -4.51.